The summed E-state index contributed by atoms with van der Waals surface area (Å²) in [7, 11) is 1.44. The molecule has 4 aromatic rings. The summed E-state index contributed by atoms with van der Waals surface area (Å²) >= 11 is 0. The molecule has 6 rings (SSSR count). The number of nitrogens with one attached hydrogen (secondary N) is 2. The van der Waals surface area contributed by atoms with Crippen molar-refractivity contribution in [2.75, 3.05) is 58.2 Å². The van der Waals surface area contributed by atoms with Crippen LogP contribution >= 0.6 is 0 Å². The molecule has 2 N–H and O–H groups in total. The molecule has 2 aliphatic rings. The number of carbonyl (C=O) groups excluding carboxylic acids is 1. The molecular formula is C30H34FN7O2. The van der Waals surface area contributed by atoms with E-state index in [0.29, 0.717) is 17.0 Å². The van der Waals surface area contributed by atoms with Crippen molar-refractivity contribution < 1.29 is 13.9 Å². The van der Waals surface area contributed by atoms with Crippen LogP contribution in [0.4, 0.5) is 15.9 Å². The summed E-state index contributed by atoms with van der Waals surface area (Å²) in [6.45, 7) is 8.65. The zero-order chi connectivity index (χ0) is 27.6. The number of benzene rings is 2. The number of rotatable bonds is 7. The van der Waals surface area contributed by atoms with E-state index < -0.39 is 5.82 Å². The second kappa shape index (κ2) is 11.2. The van der Waals surface area contributed by atoms with Crippen LogP contribution in [0.15, 0.2) is 55.0 Å². The van der Waals surface area contributed by atoms with Crippen molar-refractivity contribution in [2.24, 2.45) is 5.92 Å². The molecule has 2 aliphatic heterocycles. The first-order chi connectivity index (χ1) is 19.5. The molecule has 208 valence electrons. The molecule has 1 atom stereocenters. The van der Waals surface area contributed by atoms with Gasteiger partial charge in [0.1, 0.15) is 0 Å². The van der Waals surface area contributed by atoms with Crippen molar-refractivity contribution in [1.82, 2.24) is 29.5 Å². The molecule has 1 amide bonds. The highest BCUT2D eigenvalue weighted by Gasteiger charge is 2.26. The van der Waals surface area contributed by atoms with E-state index in [2.05, 4.69) is 25.5 Å². The molecule has 40 heavy (non-hydrogen) atoms. The molecule has 10 heteroatoms. The van der Waals surface area contributed by atoms with Gasteiger partial charge in [-0.2, -0.15) is 0 Å². The van der Waals surface area contributed by atoms with Crippen LogP contribution in [-0.4, -0.2) is 83.0 Å². The molecule has 0 spiro atoms. The summed E-state index contributed by atoms with van der Waals surface area (Å²) < 4.78 is 21.2. The van der Waals surface area contributed by atoms with Gasteiger partial charge in [-0.1, -0.05) is 0 Å². The van der Waals surface area contributed by atoms with Crippen LogP contribution in [0.1, 0.15) is 22.3 Å². The highest BCUT2D eigenvalue weighted by atomic mass is 19.1. The number of imidazole rings is 1. The molecule has 0 bridgehead atoms. The van der Waals surface area contributed by atoms with Crippen molar-refractivity contribution in [1.29, 1.82) is 0 Å². The van der Waals surface area contributed by atoms with Crippen LogP contribution in [0, 0.1) is 18.7 Å². The number of halogens is 1. The number of hydrogen-bond acceptors (Lipinski definition) is 7. The summed E-state index contributed by atoms with van der Waals surface area (Å²) in [6.07, 6.45) is 6.41. The van der Waals surface area contributed by atoms with E-state index in [9.17, 15) is 9.18 Å². The van der Waals surface area contributed by atoms with E-state index in [-0.39, 0.29) is 11.7 Å². The van der Waals surface area contributed by atoms with Crippen molar-refractivity contribution >= 4 is 23.1 Å². The number of aromatic nitrogens is 3. The van der Waals surface area contributed by atoms with Crippen LogP contribution in [0.25, 0.3) is 16.9 Å². The summed E-state index contributed by atoms with van der Waals surface area (Å²) in [4.78, 5) is 26.8. The molecule has 2 fully saturated rings. The van der Waals surface area contributed by atoms with Gasteiger partial charge < -0.3 is 20.3 Å². The average Bonchev–Trinajstić information content (AvgIpc) is 3.64. The van der Waals surface area contributed by atoms with E-state index >= 15 is 0 Å². The number of aryl methyl sites for hydroxylation is 1. The number of methoxy groups -OCH3 is 1. The summed E-state index contributed by atoms with van der Waals surface area (Å²) in [5.41, 5.74) is 4.45. The lowest BCUT2D eigenvalue weighted by Gasteiger charge is -2.36. The van der Waals surface area contributed by atoms with Gasteiger partial charge in [0.05, 0.1) is 19.0 Å². The molecule has 0 unspecified atom stereocenters. The Morgan fingerprint density at radius 1 is 1.15 bits per heavy atom. The molecule has 0 radical (unpaired) electrons. The lowest BCUT2D eigenvalue weighted by Crippen LogP contribution is -2.50. The smallest absolute Gasteiger partial charge is 0.254 e. The maximum Gasteiger partial charge on any atom is 0.254 e. The number of fused-ring (bicyclic) bond motifs is 1. The predicted octanol–water partition coefficient (Wildman–Crippen LogP) is 3.96. The van der Waals surface area contributed by atoms with Crippen molar-refractivity contribution in [3.8, 4) is 17.0 Å². The largest absolute Gasteiger partial charge is 0.494 e. The van der Waals surface area contributed by atoms with Crippen LogP contribution in [0.5, 0.6) is 5.75 Å². The SMILES string of the molecule is COc1ccc(-c2cnc3c(Nc4ccc(C(=O)N5CCN(C[C@H]6CCNC6)CC5)c(C)c4)nccn23)cc1F. The normalized spacial score (nSPS) is 17.9. The number of nitrogens with zero attached hydrogens (tertiary/aromatic N) is 5. The van der Waals surface area contributed by atoms with Gasteiger partial charge >= 0.3 is 0 Å². The molecule has 9 nitrogen and oxygen atoms in total. The van der Waals surface area contributed by atoms with Gasteiger partial charge in [-0.3, -0.25) is 14.1 Å². The van der Waals surface area contributed by atoms with Gasteiger partial charge in [-0.15, -0.1) is 0 Å². The van der Waals surface area contributed by atoms with Crippen LogP contribution in [-0.2, 0) is 0 Å². The molecule has 2 aromatic heterocycles. The second-order valence-electron chi connectivity index (χ2n) is 10.6. The van der Waals surface area contributed by atoms with Gasteiger partial charge in [0.25, 0.3) is 5.91 Å². The molecule has 0 aliphatic carbocycles. The average molecular weight is 544 g/mol. The molecule has 0 saturated carbocycles. The van der Waals surface area contributed by atoms with Gasteiger partial charge in [-0.25, -0.2) is 14.4 Å². The maximum atomic E-state index is 14.3. The zero-order valence-electron chi connectivity index (χ0n) is 22.9. The topological polar surface area (TPSA) is 87.0 Å². The van der Waals surface area contributed by atoms with E-state index in [4.69, 9.17) is 4.74 Å². The number of anilines is 2. The molecule has 2 aromatic carbocycles. The maximum absolute atomic E-state index is 14.3. The summed E-state index contributed by atoms with van der Waals surface area (Å²) in [5, 5.41) is 6.78. The fourth-order valence-electron chi connectivity index (χ4n) is 5.70. The Bertz CT molecular complexity index is 1520. The first kappa shape index (κ1) is 26.2. The zero-order valence-corrected chi connectivity index (χ0v) is 22.9. The third kappa shape index (κ3) is 5.24. The van der Waals surface area contributed by atoms with Crippen LogP contribution in [0.3, 0.4) is 0 Å². The lowest BCUT2D eigenvalue weighted by atomic mass is 10.1. The van der Waals surface area contributed by atoms with Crippen molar-refractivity contribution in [2.45, 2.75) is 13.3 Å². The van der Waals surface area contributed by atoms with Crippen LogP contribution < -0.4 is 15.4 Å². The monoisotopic (exact) mass is 543 g/mol. The molecular weight excluding hydrogens is 509 g/mol. The second-order valence-corrected chi connectivity index (χ2v) is 10.6. The Hall–Kier alpha value is -4.02. The van der Waals surface area contributed by atoms with E-state index in [0.717, 1.165) is 74.2 Å². The minimum absolute atomic E-state index is 0.0797. The first-order valence-corrected chi connectivity index (χ1v) is 13.8. The number of carbonyl (C=O) groups is 1. The fourth-order valence-corrected chi connectivity index (χ4v) is 5.70. The standard InChI is InChI=1S/C30H34FN7O2/c1-20-15-23(4-5-24(20)30(39)37-13-11-36(12-14-37)19-21-7-8-32-17-21)35-28-29-34-18-26(38(29)10-9-33-28)22-3-6-27(40-2)25(31)16-22/h3-6,9-10,15-16,18,21,32H,7-8,11-14,17,19H2,1-2H3,(H,33,35)/t21-/m0/s1. The Balaban J connectivity index is 1.15. The number of piperazine rings is 1. The Labute approximate surface area is 233 Å². The van der Waals surface area contributed by atoms with Crippen molar-refractivity contribution in [3.63, 3.8) is 0 Å². The summed E-state index contributed by atoms with van der Waals surface area (Å²) in [6, 6.07) is 10.6. The minimum Gasteiger partial charge on any atom is -0.494 e. The third-order valence-corrected chi connectivity index (χ3v) is 7.93. The molecule has 4 heterocycles. The van der Waals surface area contributed by atoms with E-state index in [1.54, 1.807) is 30.7 Å². The molecule has 2 saturated heterocycles. The Morgan fingerprint density at radius 3 is 2.73 bits per heavy atom. The van der Waals surface area contributed by atoms with Crippen molar-refractivity contribution in [3.05, 3.63) is 71.9 Å². The number of hydrogen-bond donors (Lipinski definition) is 2. The quantitative estimate of drug-likeness (QED) is 0.365. The Morgan fingerprint density at radius 2 is 2.00 bits per heavy atom. The first-order valence-electron chi connectivity index (χ1n) is 13.8. The highest BCUT2D eigenvalue weighted by Crippen LogP contribution is 2.29. The number of ether oxygens (including phenoxy) is 1. The highest BCUT2D eigenvalue weighted by molar-refractivity contribution is 5.96. The third-order valence-electron chi connectivity index (χ3n) is 7.93. The van der Waals surface area contributed by atoms with E-state index in [1.807, 2.05) is 34.4 Å². The number of amides is 1. The van der Waals surface area contributed by atoms with Gasteiger partial charge in [0.2, 0.25) is 0 Å². The lowest BCUT2D eigenvalue weighted by molar-refractivity contribution is 0.0620. The van der Waals surface area contributed by atoms with Crippen LogP contribution in [0.2, 0.25) is 0 Å². The van der Waals surface area contributed by atoms with Gasteiger partial charge in [-0.05, 0) is 74.3 Å². The Kier molecular flexibility index (Phi) is 7.36. The minimum atomic E-state index is -0.434. The van der Waals surface area contributed by atoms with Gasteiger partial charge in [0, 0.05) is 61.9 Å². The van der Waals surface area contributed by atoms with Gasteiger partial charge in [0.15, 0.2) is 23.0 Å². The summed E-state index contributed by atoms with van der Waals surface area (Å²) in [5.74, 6) is 1.13. The van der Waals surface area contributed by atoms with E-state index in [1.165, 1.54) is 19.6 Å². The fraction of sp³-hybridized carbons (Fsp3) is 0.367. The predicted molar refractivity (Wildman–Crippen MR) is 153 cm³/mol.